The summed E-state index contributed by atoms with van der Waals surface area (Å²) in [6.45, 7) is 1.69. The molecule has 3 atom stereocenters. The summed E-state index contributed by atoms with van der Waals surface area (Å²) in [6.07, 6.45) is -0.898. The summed E-state index contributed by atoms with van der Waals surface area (Å²) < 4.78 is 19.6. The van der Waals surface area contributed by atoms with Gasteiger partial charge in [-0.25, -0.2) is 14.1 Å². The van der Waals surface area contributed by atoms with Crippen molar-refractivity contribution in [2.45, 2.75) is 30.7 Å². The van der Waals surface area contributed by atoms with Crippen LogP contribution in [-0.4, -0.2) is 24.5 Å². The van der Waals surface area contributed by atoms with Gasteiger partial charge in [-0.05, 0) is 60.0 Å². The number of carbonyl (C=O) groups excluding carboxylic acids is 3. The topological polar surface area (TPSA) is 75.7 Å². The number of hydrogen-bond acceptors (Lipinski definition) is 4. The van der Waals surface area contributed by atoms with E-state index in [0.717, 1.165) is 4.90 Å². The molecule has 0 unspecified atom stereocenters. The molecular formula is C27H21Cl2FN2O4. The van der Waals surface area contributed by atoms with Crippen molar-refractivity contribution < 1.29 is 23.5 Å². The van der Waals surface area contributed by atoms with Gasteiger partial charge in [-0.15, -0.1) is 0 Å². The fourth-order valence-corrected chi connectivity index (χ4v) is 5.72. The molecule has 0 radical (unpaired) electrons. The maximum Gasteiger partial charge on any atom is 0.421 e. The minimum atomic E-state index is -1.50. The Morgan fingerprint density at radius 3 is 2.47 bits per heavy atom. The SMILES string of the molecule is CCOC(=O)N1C(=O)[C@]2(c3ccc(Cl)cc31)[C@@H](c1ccc(Cl)cc1)CC(=O)N[C@@H]2c1cccc(F)c1. The van der Waals surface area contributed by atoms with Gasteiger partial charge in [0.2, 0.25) is 11.8 Å². The Morgan fingerprint density at radius 2 is 1.78 bits per heavy atom. The number of amides is 3. The number of halogens is 3. The van der Waals surface area contributed by atoms with Gasteiger partial charge < -0.3 is 10.1 Å². The minimum Gasteiger partial charge on any atom is -0.449 e. The molecule has 1 fully saturated rings. The molecule has 1 saturated heterocycles. The van der Waals surface area contributed by atoms with E-state index < -0.39 is 35.2 Å². The van der Waals surface area contributed by atoms with Crippen LogP contribution < -0.4 is 10.2 Å². The lowest BCUT2D eigenvalue weighted by Gasteiger charge is -2.46. The number of carbonyl (C=O) groups is 3. The van der Waals surface area contributed by atoms with E-state index in [1.807, 2.05) is 0 Å². The van der Waals surface area contributed by atoms with Gasteiger partial charge in [0, 0.05) is 22.4 Å². The molecule has 1 N–H and O–H groups in total. The molecule has 0 saturated carbocycles. The molecule has 0 bridgehead atoms. The van der Waals surface area contributed by atoms with E-state index in [9.17, 15) is 18.8 Å². The van der Waals surface area contributed by atoms with Crippen LogP contribution in [0.5, 0.6) is 0 Å². The zero-order chi connectivity index (χ0) is 25.6. The molecule has 0 aliphatic carbocycles. The van der Waals surface area contributed by atoms with Crippen LogP contribution in [-0.2, 0) is 19.7 Å². The Bertz CT molecular complexity index is 1380. The summed E-state index contributed by atoms with van der Waals surface area (Å²) in [5.74, 6) is -2.13. The molecule has 3 aromatic carbocycles. The van der Waals surface area contributed by atoms with E-state index in [4.69, 9.17) is 27.9 Å². The average Bonchev–Trinajstić information content (AvgIpc) is 3.09. The fourth-order valence-electron chi connectivity index (χ4n) is 5.42. The zero-order valence-electron chi connectivity index (χ0n) is 19.1. The Labute approximate surface area is 216 Å². The predicted molar refractivity (Wildman–Crippen MR) is 134 cm³/mol. The first-order valence-electron chi connectivity index (χ1n) is 11.4. The predicted octanol–water partition coefficient (Wildman–Crippen LogP) is 5.92. The summed E-state index contributed by atoms with van der Waals surface area (Å²) in [6, 6.07) is 16.5. The summed E-state index contributed by atoms with van der Waals surface area (Å²) in [4.78, 5) is 41.6. The highest BCUT2D eigenvalue weighted by Crippen LogP contribution is 2.59. The zero-order valence-corrected chi connectivity index (χ0v) is 20.6. The Kier molecular flexibility index (Phi) is 6.22. The van der Waals surface area contributed by atoms with E-state index in [1.165, 1.54) is 24.3 Å². The van der Waals surface area contributed by atoms with Gasteiger partial charge in [0.25, 0.3) is 0 Å². The second kappa shape index (κ2) is 9.22. The first-order chi connectivity index (χ1) is 17.3. The molecule has 36 heavy (non-hydrogen) atoms. The molecular weight excluding hydrogens is 506 g/mol. The molecule has 2 aliphatic heterocycles. The standard InChI is InChI=1S/C27H21Cl2FN2O4/c1-2-36-26(35)32-22-13-18(29)10-11-20(22)27(25(32)34)21(15-6-8-17(28)9-7-15)14-23(33)31-24(27)16-4-3-5-19(30)12-16/h3-13,21,24H,2,14H2,1H3,(H,31,33)/t21-,24-,27-/m1/s1. The van der Waals surface area contributed by atoms with Crippen molar-refractivity contribution in [2.75, 3.05) is 11.5 Å². The molecule has 6 nitrogen and oxygen atoms in total. The number of rotatable bonds is 3. The summed E-state index contributed by atoms with van der Waals surface area (Å²) in [5.41, 5.74) is 0.321. The first-order valence-corrected chi connectivity index (χ1v) is 12.1. The second-order valence-electron chi connectivity index (χ2n) is 8.73. The van der Waals surface area contributed by atoms with Gasteiger partial charge in [-0.3, -0.25) is 9.59 Å². The van der Waals surface area contributed by atoms with Gasteiger partial charge in [0.15, 0.2) is 0 Å². The number of ether oxygens (including phenoxy) is 1. The molecule has 2 heterocycles. The largest absolute Gasteiger partial charge is 0.449 e. The highest BCUT2D eigenvalue weighted by atomic mass is 35.5. The highest BCUT2D eigenvalue weighted by molar-refractivity contribution is 6.32. The third-order valence-electron chi connectivity index (χ3n) is 6.81. The average molecular weight is 527 g/mol. The van der Waals surface area contributed by atoms with Crippen molar-refractivity contribution in [2.24, 2.45) is 0 Å². The van der Waals surface area contributed by atoms with Gasteiger partial charge in [0.1, 0.15) is 11.2 Å². The van der Waals surface area contributed by atoms with Gasteiger partial charge in [-0.1, -0.05) is 53.5 Å². The summed E-state index contributed by atoms with van der Waals surface area (Å²) >= 11 is 12.4. The molecule has 2 aliphatic rings. The van der Waals surface area contributed by atoms with Crippen LogP contribution in [0.1, 0.15) is 42.0 Å². The lowest BCUT2D eigenvalue weighted by atomic mass is 9.59. The smallest absolute Gasteiger partial charge is 0.421 e. The highest BCUT2D eigenvalue weighted by Gasteiger charge is 2.64. The van der Waals surface area contributed by atoms with E-state index in [-0.39, 0.29) is 24.6 Å². The van der Waals surface area contributed by atoms with E-state index in [0.29, 0.717) is 26.7 Å². The quantitative estimate of drug-likeness (QED) is 0.459. The van der Waals surface area contributed by atoms with Crippen molar-refractivity contribution in [3.63, 3.8) is 0 Å². The van der Waals surface area contributed by atoms with Crippen LogP contribution in [0.2, 0.25) is 10.0 Å². The molecule has 3 aromatic rings. The lowest BCUT2D eigenvalue weighted by Crippen LogP contribution is -2.58. The normalized spacial score (nSPS) is 22.9. The van der Waals surface area contributed by atoms with Crippen LogP contribution in [0.15, 0.2) is 66.7 Å². The van der Waals surface area contributed by atoms with Crippen LogP contribution in [0.3, 0.4) is 0 Å². The van der Waals surface area contributed by atoms with Gasteiger partial charge in [0.05, 0.1) is 18.3 Å². The molecule has 9 heteroatoms. The van der Waals surface area contributed by atoms with E-state index in [2.05, 4.69) is 5.32 Å². The van der Waals surface area contributed by atoms with Crippen molar-refractivity contribution in [1.29, 1.82) is 0 Å². The number of nitrogens with zero attached hydrogens (tertiary/aromatic N) is 1. The number of imide groups is 1. The lowest BCUT2D eigenvalue weighted by molar-refractivity contribution is -0.132. The molecule has 5 rings (SSSR count). The maximum absolute atomic E-state index is 14.5. The van der Waals surface area contributed by atoms with Crippen molar-refractivity contribution in [1.82, 2.24) is 5.32 Å². The number of benzene rings is 3. The monoisotopic (exact) mass is 526 g/mol. The summed E-state index contributed by atoms with van der Waals surface area (Å²) in [5, 5.41) is 3.73. The van der Waals surface area contributed by atoms with E-state index >= 15 is 0 Å². The molecule has 0 aromatic heterocycles. The Balaban J connectivity index is 1.83. The second-order valence-corrected chi connectivity index (χ2v) is 9.61. The Hall–Kier alpha value is -3.42. The number of hydrogen-bond donors (Lipinski definition) is 1. The minimum absolute atomic E-state index is 0.0437. The molecule has 184 valence electrons. The number of piperidine rings is 1. The van der Waals surface area contributed by atoms with Crippen LogP contribution in [0, 0.1) is 5.82 Å². The first kappa shape index (κ1) is 24.3. The van der Waals surface area contributed by atoms with Gasteiger partial charge >= 0.3 is 6.09 Å². The van der Waals surface area contributed by atoms with E-state index in [1.54, 1.807) is 49.4 Å². The number of nitrogens with one attached hydrogen (secondary N) is 1. The van der Waals surface area contributed by atoms with Crippen molar-refractivity contribution in [3.8, 4) is 0 Å². The van der Waals surface area contributed by atoms with Crippen LogP contribution in [0.4, 0.5) is 14.9 Å². The van der Waals surface area contributed by atoms with Crippen molar-refractivity contribution >= 4 is 46.8 Å². The molecule has 3 amide bonds. The third-order valence-corrected chi connectivity index (χ3v) is 7.30. The van der Waals surface area contributed by atoms with Gasteiger partial charge in [-0.2, -0.15) is 0 Å². The third kappa shape index (κ3) is 3.74. The number of anilines is 1. The molecule has 1 spiro atoms. The van der Waals surface area contributed by atoms with Crippen LogP contribution in [0.25, 0.3) is 0 Å². The Morgan fingerprint density at radius 1 is 1.06 bits per heavy atom. The van der Waals surface area contributed by atoms with Crippen LogP contribution >= 0.6 is 23.2 Å². The van der Waals surface area contributed by atoms with Crippen molar-refractivity contribution in [3.05, 3.63) is 99.3 Å². The number of fused-ring (bicyclic) bond motifs is 2. The fraction of sp³-hybridized carbons (Fsp3) is 0.222. The summed E-state index contributed by atoms with van der Waals surface area (Å²) in [7, 11) is 0. The maximum atomic E-state index is 14.5.